The van der Waals surface area contributed by atoms with Gasteiger partial charge < -0.3 is 30.9 Å². The number of nitrogens with one attached hydrogen (secondary N) is 2. The Morgan fingerprint density at radius 3 is 2.33 bits per heavy atom. The molecular weight excluding hydrogens is 638 g/mol. The van der Waals surface area contributed by atoms with Gasteiger partial charge in [0.2, 0.25) is 5.91 Å². The molecule has 4 atom stereocenters. The Labute approximate surface area is 261 Å². The molecule has 11 nitrogen and oxygen atoms in total. The molecule has 5 rings (SSSR count). The molecule has 3 saturated carbocycles. The van der Waals surface area contributed by atoms with Crippen LogP contribution in [0.1, 0.15) is 55.3 Å². The van der Waals surface area contributed by atoms with E-state index in [1.807, 2.05) is 0 Å². The number of carbonyl (C=O) groups excluding carboxylic acids is 2. The van der Waals surface area contributed by atoms with Gasteiger partial charge in [0.1, 0.15) is 11.3 Å². The van der Waals surface area contributed by atoms with Crippen molar-refractivity contribution >= 4 is 33.3 Å². The summed E-state index contributed by atoms with van der Waals surface area (Å²) in [6.45, 7) is 0. The number of halogens is 4. The number of carboxylic acid groups (broad SMARTS) is 1. The topological polar surface area (TPSA) is 174 Å². The van der Waals surface area contributed by atoms with E-state index in [4.69, 9.17) is 15.2 Å². The zero-order chi connectivity index (χ0) is 33.6. The number of aliphatic carboxylic acids is 1. The van der Waals surface area contributed by atoms with Crippen molar-refractivity contribution in [1.82, 2.24) is 5.32 Å². The summed E-state index contributed by atoms with van der Waals surface area (Å²) in [6.07, 6.45) is 2.21. The van der Waals surface area contributed by atoms with Crippen LogP contribution in [0, 0.1) is 23.6 Å². The summed E-state index contributed by atoms with van der Waals surface area (Å²) in [5, 5.41) is 14.7. The number of fused-ring (bicyclic) bond motifs is 2. The second-order valence-corrected chi connectivity index (χ2v) is 14.0. The lowest BCUT2D eigenvalue weighted by Crippen LogP contribution is -2.51. The lowest BCUT2D eigenvalue weighted by molar-refractivity contribution is -0.145. The minimum absolute atomic E-state index is 0.0691. The molecule has 2 bridgehead atoms. The van der Waals surface area contributed by atoms with Crippen LogP contribution >= 0.6 is 0 Å². The first kappa shape index (κ1) is 33.4. The summed E-state index contributed by atoms with van der Waals surface area (Å²) in [5.74, 6) is -4.54. The number of hydrogen-bond acceptors (Lipinski definition) is 8. The summed E-state index contributed by atoms with van der Waals surface area (Å²) < 4.78 is 89.0. The van der Waals surface area contributed by atoms with Crippen molar-refractivity contribution in [2.45, 2.75) is 73.0 Å². The lowest BCUT2D eigenvalue weighted by atomic mass is 9.81. The van der Waals surface area contributed by atoms with Gasteiger partial charge in [0, 0.05) is 17.8 Å². The quantitative estimate of drug-likeness (QED) is 0.287. The van der Waals surface area contributed by atoms with E-state index in [1.165, 1.54) is 19.2 Å². The second kappa shape index (κ2) is 12.4. The molecule has 4 unspecified atom stereocenters. The predicted molar refractivity (Wildman–Crippen MR) is 154 cm³/mol. The molecule has 3 aliphatic rings. The Balaban J connectivity index is 1.32. The van der Waals surface area contributed by atoms with E-state index in [0.717, 1.165) is 24.3 Å². The Kier molecular flexibility index (Phi) is 8.98. The Bertz CT molecular complexity index is 1640. The second-order valence-electron chi connectivity index (χ2n) is 12.1. The molecule has 2 amide bonds. The average Bonchev–Trinajstić information content (AvgIpc) is 3.60. The molecule has 3 aliphatic carbocycles. The van der Waals surface area contributed by atoms with Crippen molar-refractivity contribution in [1.29, 1.82) is 0 Å². The normalized spacial score (nSPS) is 27.6. The van der Waals surface area contributed by atoms with E-state index in [1.54, 1.807) is 0 Å². The smallest absolute Gasteiger partial charge is 0.496 e. The van der Waals surface area contributed by atoms with E-state index in [-0.39, 0.29) is 60.3 Å². The van der Waals surface area contributed by atoms with Crippen molar-refractivity contribution in [3.63, 3.8) is 0 Å². The number of carbonyl (C=O) groups is 3. The van der Waals surface area contributed by atoms with Crippen molar-refractivity contribution in [2.75, 3.05) is 12.4 Å². The molecule has 0 aromatic heterocycles. The highest BCUT2D eigenvalue weighted by atomic mass is 32.2. The number of alkyl halides is 3. The average molecular weight is 672 g/mol. The Hall–Kier alpha value is -3.92. The minimum Gasteiger partial charge on any atom is -0.496 e. The van der Waals surface area contributed by atoms with Crippen LogP contribution < -0.4 is 25.8 Å². The van der Waals surface area contributed by atoms with Gasteiger partial charge in [-0.05, 0) is 81.0 Å². The van der Waals surface area contributed by atoms with Gasteiger partial charge in [-0.25, -0.2) is 12.8 Å². The van der Waals surface area contributed by atoms with E-state index >= 15 is 0 Å². The lowest BCUT2D eigenvalue weighted by Gasteiger charge is -2.34. The fourth-order valence-electron chi connectivity index (χ4n) is 6.80. The van der Waals surface area contributed by atoms with Crippen LogP contribution in [-0.2, 0) is 19.4 Å². The van der Waals surface area contributed by atoms with Gasteiger partial charge in [-0.1, -0.05) is 6.07 Å². The molecule has 0 heterocycles. The fraction of sp³-hybridized carbons (Fsp3) is 0.500. The highest BCUT2D eigenvalue weighted by molar-refractivity contribution is 7.92. The molecule has 2 aromatic rings. The van der Waals surface area contributed by atoms with Gasteiger partial charge in [-0.3, -0.25) is 14.4 Å². The monoisotopic (exact) mass is 671 g/mol. The van der Waals surface area contributed by atoms with E-state index in [0.29, 0.717) is 19.3 Å². The first-order valence-electron chi connectivity index (χ1n) is 14.6. The van der Waals surface area contributed by atoms with Crippen molar-refractivity contribution < 1.29 is 54.9 Å². The number of carboxylic acids is 1. The first-order chi connectivity index (χ1) is 21.5. The minimum atomic E-state index is -5.64. The number of anilines is 1. The van der Waals surface area contributed by atoms with Crippen molar-refractivity contribution in [3.8, 4) is 11.5 Å². The zero-order valence-corrected chi connectivity index (χ0v) is 25.4. The number of amides is 2. The number of nitrogens with two attached hydrogens (primary N) is 1. The summed E-state index contributed by atoms with van der Waals surface area (Å²) in [5.41, 5.74) is -1.21. The summed E-state index contributed by atoms with van der Waals surface area (Å²) in [7, 11) is -4.39. The maximum atomic E-state index is 15.0. The molecule has 2 aromatic carbocycles. The maximum absolute atomic E-state index is 15.0. The van der Waals surface area contributed by atoms with Crippen molar-refractivity contribution in [2.24, 2.45) is 23.5 Å². The SMILES string of the molecule is COc1cc(F)c(OC2CCC(N)(C(=O)O)CC2)cc1C(=O)NC1C2CCC(C2)C1C(=O)Nc1cccc(S(=O)(=O)C(F)(F)F)c1. The van der Waals surface area contributed by atoms with E-state index in [2.05, 4.69) is 10.6 Å². The van der Waals surface area contributed by atoms with E-state index in [9.17, 15) is 45.5 Å². The van der Waals surface area contributed by atoms with Crippen LogP contribution in [0.2, 0.25) is 0 Å². The number of methoxy groups -OCH3 is 1. The van der Waals surface area contributed by atoms with Crippen LogP contribution in [0.3, 0.4) is 0 Å². The largest absolute Gasteiger partial charge is 0.501 e. The third-order valence-electron chi connectivity index (χ3n) is 9.28. The molecule has 250 valence electrons. The summed E-state index contributed by atoms with van der Waals surface area (Å²) in [6, 6.07) is 5.35. The molecule has 16 heteroatoms. The number of rotatable bonds is 9. The van der Waals surface area contributed by atoms with Crippen LogP contribution in [0.4, 0.5) is 23.2 Å². The van der Waals surface area contributed by atoms with Gasteiger partial charge in [0.05, 0.1) is 29.6 Å². The number of hydrogen-bond donors (Lipinski definition) is 4. The van der Waals surface area contributed by atoms with E-state index < -0.39 is 67.4 Å². The molecule has 46 heavy (non-hydrogen) atoms. The Morgan fingerprint density at radius 1 is 1.02 bits per heavy atom. The molecule has 5 N–H and O–H groups in total. The molecular formula is C30H33F4N3O8S. The third-order valence-corrected chi connectivity index (χ3v) is 10.8. The molecule has 0 saturated heterocycles. The predicted octanol–water partition coefficient (Wildman–Crippen LogP) is 4.01. The molecule has 3 fully saturated rings. The highest BCUT2D eigenvalue weighted by Crippen LogP contribution is 2.49. The highest BCUT2D eigenvalue weighted by Gasteiger charge is 2.52. The van der Waals surface area contributed by atoms with Crippen LogP contribution in [0.25, 0.3) is 0 Å². The van der Waals surface area contributed by atoms with Gasteiger partial charge in [0.15, 0.2) is 11.6 Å². The standard InChI is InChI=1S/C30H33F4N3O8S/c1-44-22-14-21(31)23(45-18-7-9-29(35,10-8-18)28(40)41)13-20(22)26(38)37-25-16-6-5-15(11-16)24(25)27(39)36-17-3-2-4-19(12-17)46(42,43)30(32,33)34/h2-4,12-16,18,24-25H,5-11,35H2,1H3,(H,36,39)(H,37,38)(H,40,41). The summed E-state index contributed by atoms with van der Waals surface area (Å²) >= 11 is 0. The number of benzene rings is 2. The zero-order valence-electron chi connectivity index (χ0n) is 24.6. The third kappa shape index (κ3) is 6.36. The van der Waals surface area contributed by atoms with Gasteiger partial charge in [-0.2, -0.15) is 13.2 Å². The van der Waals surface area contributed by atoms with Crippen LogP contribution in [0.15, 0.2) is 41.3 Å². The molecule has 0 spiro atoms. The van der Waals surface area contributed by atoms with Gasteiger partial charge in [0.25, 0.3) is 15.7 Å². The Morgan fingerprint density at radius 2 is 1.70 bits per heavy atom. The van der Waals surface area contributed by atoms with Gasteiger partial charge in [-0.15, -0.1) is 0 Å². The van der Waals surface area contributed by atoms with Crippen LogP contribution in [-0.4, -0.2) is 61.6 Å². The fourth-order valence-corrected chi connectivity index (χ4v) is 7.60. The van der Waals surface area contributed by atoms with Crippen molar-refractivity contribution in [3.05, 3.63) is 47.8 Å². The summed E-state index contributed by atoms with van der Waals surface area (Å²) in [4.78, 5) is 37.5. The molecule has 0 aliphatic heterocycles. The molecule has 0 radical (unpaired) electrons. The first-order valence-corrected chi connectivity index (χ1v) is 16.1. The number of sulfone groups is 1. The number of ether oxygens (including phenoxy) is 2. The van der Waals surface area contributed by atoms with Gasteiger partial charge >= 0.3 is 11.5 Å². The van der Waals surface area contributed by atoms with Crippen LogP contribution in [0.5, 0.6) is 11.5 Å². The maximum Gasteiger partial charge on any atom is 0.501 e.